The molecule has 1 aliphatic heterocycles. The number of rotatable bonds is 7. The van der Waals surface area contributed by atoms with Crippen molar-refractivity contribution in [2.45, 2.75) is 26.1 Å². The summed E-state index contributed by atoms with van der Waals surface area (Å²) in [4.78, 5) is 29.3. The number of nitrogens with zero attached hydrogens (tertiary/aromatic N) is 5. The van der Waals surface area contributed by atoms with Crippen molar-refractivity contribution in [3.63, 3.8) is 0 Å². The molecule has 0 spiro atoms. The van der Waals surface area contributed by atoms with Crippen LogP contribution in [0.2, 0.25) is 0 Å². The van der Waals surface area contributed by atoms with Crippen molar-refractivity contribution in [3.05, 3.63) is 83.7 Å². The molecule has 4 rings (SSSR count). The third-order valence-electron chi connectivity index (χ3n) is 5.50. The van der Waals surface area contributed by atoms with E-state index in [1.54, 1.807) is 16.5 Å². The number of amides is 1. The summed E-state index contributed by atoms with van der Waals surface area (Å²) in [6, 6.07) is 20.1. The van der Waals surface area contributed by atoms with E-state index in [0.29, 0.717) is 19.6 Å². The van der Waals surface area contributed by atoms with Crippen LogP contribution < -0.4 is 0 Å². The Morgan fingerprint density at radius 3 is 2.12 bits per heavy atom. The van der Waals surface area contributed by atoms with Crippen molar-refractivity contribution >= 4 is 11.9 Å². The van der Waals surface area contributed by atoms with Crippen LogP contribution in [0.3, 0.4) is 0 Å². The number of ether oxygens (including phenoxy) is 1. The highest BCUT2D eigenvalue weighted by Crippen LogP contribution is 2.11. The quantitative estimate of drug-likeness (QED) is 0.532. The molecule has 0 bridgehead atoms. The smallest absolute Gasteiger partial charge is 0.361 e. The minimum Gasteiger partial charge on any atom is -0.448 e. The summed E-state index contributed by atoms with van der Waals surface area (Å²) in [7, 11) is 0. The maximum atomic E-state index is 12.8. The number of piperazine rings is 1. The molecule has 0 saturated carbocycles. The summed E-state index contributed by atoms with van der Waals surface area (Å²) >= 11 is 0. The molecule has 1 atom stereocenters. The van der Waals surface area contributed by atoms with E-state index in [-0.39, 0.29) is 11.6 Å². The molecule has 1 saturated heterocycles. The molecule has 1 aromatic heterocycles. The number of hydrogen-bond donors (Lipinski definition) is 0. The zero-order valence-corrected chi connectivity index (χ0v) is 18.1. The molecule has 8 nitrogen and oxygen atoms in total. The molecule has 0 radical (unpaired) electrons. The van der Waals surface area contributed by atoms with Crippen LogP contribution in [-0.4, -0.2) is 69.0 Å². The Morgan fingerprint density at radius 2 is 1.50 bits per heavy atom. The van der Waals surface area contributed by atoms with Gasteiger partial charge in [0.2, 0.25) is 0 Å². The Hall–Kier alpha value is -3.52. The minimum atomic E-state index is -0.873. The highest BCUT2D eigenvalue weighted by Gasteiger charge is 2.28. The minimum absolute atomic E-state index is 0.0910. The van der Waals surface area contributed by atoms with Crippen molar-refractivity contribution in [1.29, 1.82) is 0 Å². The van der Waals surface area contributed by atoms with Gasteiger partial charge in [0.05, 0.1) is 12.7 Å². The number of carbonyl (C=O) groups excluding carboxylic acids is 2. The van der Waals surface area contributed by atoms with Crippen LogP contribution in [0.5, 0.6) is 0 Å². The summed E-state index contributed by atoms with van der Waals surface area (Å²) in [5, 5.41) is 7.88. The number of esters is 1. The Morgan fingerprint density at radius 1 is 0.906 bits per heavy atom. The van der Waals surface area contributed by atoms with Gasteiger partial charge < -0.3 is 9.64 Å². The average molecular weight is 434 g/mol. The molecule has 0 aliphatic carbocycles. The Kier molecular flexibility index (Phi) is 6.91. The zero-order valence-electron chi connectivity index (χ0n) is 18.1. The van der Waals surface area contributed by atoms with Crippen molar-refractivity contribution < 1.29 is 14.3 Å². The molecule has 8 heteroatoms. The molecule has 1 fully saturated rings. The van der Waals surface area contributed by atoms with Crippen LogP contribution in [-0.2, 0) is 22.6 Å². The molecule has 3 aromatic rings. The topological polar surface area (TPSA) is 80.6 Å². The molecular formula is C24H27N5O3. The third kappa shape index (κ3) is 5.59. The van der Waals surface area contributed by atoms with E-state index in [2.05, 4.69) is 27.3 Å². The second-order valence-electron chi connectivity index (χ2n) is 7.92. The highest BCUT2D eigenvalue weighted by atomic mass is 16.5. The summed E-state index contributed by atoms with van der Waals surface area (Å²) in [5.74, 6) is -0.831. The predicted molar refractivity (Wildman–Crippen MR) is 119 cm³/mol. The molecule has 32 heavy (non-hydrogen) atoms. The van der Waals surface area contributed by atoms with Gasteiger partial charge in [-0.15, -0.1) is 5.10 Å². The van der Waals surface area contributed by atoms with Crippen LogP contribution in [0.4, 0.5) is 0 Å². The van der Waals surface area contributed by atoms with Gasteiger partial charge in [-0.1, -0.05) is 65.9 Å². The molecular weight excluding hydrogens is 406 g/mol. The highest BCUT2D eigenvalue weighted by molar-refractivity contribution is 5.90. The van der Waals surface area contributed by atoms with Gasteiger partial charge in [-0.05, 0) is 18.1 Å². The van der Waals surface area contributed by atoms with E-state index in [9.17, 15) is 9.59 Å². The lowest BCUT2D eigenvalue weighted by Gasteiger charge is -2.35. The maximum Gasteiger partial charge on any atom is 0.361 e. The van der Waals surface area contributed by atoms with Crippen molar-refractivity contribution in [1.82, 2.24) is 24.8 Å². The van der Waals surface area contributed by atoms with Gasteiger partial charge in [0.1, 0.15) is 0 Å². The van der Waals surface area contributed by atoms with Crippen LogP contribution in [0, 0.1) is 0 Å². The van der Waals surface area contributed by atoms with Gasteiger partial charge in [0, 0.05) is 32.7 Å². The van der Waals surface area contributed by atoms with Gasteiger partial charge in [-0.3, -0.25) is 9.69 Å². The molecule has 1 unspecified atom stereocenters. The molecule has 2 aromatic carbocycles. The van der Waals surface area contributed by atoms with Gasteiger partial charge in [0.25, 0.3) is 5.91 Å². The first-order chi connectivity index (χ1) is 15.6. The maximum absolute atomic E-state index is 12.8. The normalized spacial score (nSPS) is 15.3. The summed E-state index contributed by atoms with van der Waals surface area (Å²) in [6.07, 6.45) is 0.664. The van der Waals surface area contributed by atoms with Crippen LogP contribution in [0.25, 0.3) is 0 Å². The number of aromatic nitrogens is 3. The number of hydrogen-bond acceptors (Lipinski definition) is 6. The lowest BCUT2D eigenvalue weighted by atomic mass is 10.2. The van der Waals surface area contributed by atoms with Crippen molar-refractivity contribution in [3.8, 4) is 0 Å². The van der Waals surface area contributed by atoms with E-state index < -0.39 is 12.1 Å². The predicted octanol–water partition coefficient (Wildman–Crippen LogP) is 2.22. The van der Waals surface area contributed by atoms with E-state index in [4.69, 9.17) is 4.74 Å². The van der Waals surface area contributed by atoms with Crippen molar-refractivity contribution in [2.75, 3.05) is 26.2 Å². The molecule has 2 heterocycles. The first-order valence-corrected chi connectivity index (χ1v) is 10.8. The second kappa shape index (κ2) is 10.2. The Balaban J connectivity index is 1.25. The van der Waals surface area contributed by atoms with E-state index in [1.807, 2.05) is 48.5 Å². The van der Waals surface area contributed by atoms with Crippen LogP contribution >= 0.6 is 0 Å². The summed E-state index contributed by atoms with van der Waals surface area (Å²) < 4.78 is 6.95. The lowest BCUT2D eigenvalue weighted by Crippen LogP contribution is -2.51. The summed E-state index contributed by atoms with van der Waals surface area (Å²) in [6.45, 7) is 5.77. The monoisotopic (exact) mass is 433 g/mol. The fourth-order valence-electron chi connectivity index (χ4n) is 3.74. The fraction of sp³-hybridized carbons (Fsp3) is 0.333. The van der Waals surface area contributed by atoms with Gasteiger partial charge in [-0.25, -0.2) is 9.48 Å². The molecule has 0 N–H and O–H groups in total. The van der Waals surface area contributed by atoms with E-state index in [1.165, 1.54) is 11.8 Å². The van der Waals surface area contributed by atoms with E-state index in [0.717, 1.165) is 25.2 Å². The van der Waals surface area contributed by atoms with Crippen molar-refractivity contribution in [2.24, 2.45) is 0 Å². The molecule has 166 valence electrons. The second-order valence-corrected chi connectivity index (χ2v) is 7.92. The third-order valence-corrected chi connectivity index (χ3v) is 5.50. The Labute approximate surface area is 187 Å². The van der Waals surface area contributed by atoms with Crippen LogP contribution in [0.15, 0.2) is 66.9 Å². The first-order valence-electron chi connectivity index (χ1n) is 10.8. The SMILES string of the molecule is CC(OC(=O)c1cn(Cc2ccccc2)nn1)C(=O)N1CCN(Cc2ccccc2)CC1. The average Bonchev–Trinajstić information content (AvgIpc) is 3.29. The molecule has 1 amide bonds. The first kappa shape index (κ1) is 21.7. The number of carbonyl (C=O) groups is 2. The van der Waals surface area contributed by atoms with Gasteiger partial charge >= 0.3 is 5.97 Å². The molecule has 1 aliphatic rings. The standard InChI is InChI=1S/C24H27N5O3/c1-19(23(30)28-14-12-27(13-15-28)16-20-8-4-2-5-9-20)32-24(31)22-18-29(26-25-22)17-21-10-6-3-7-11-21/h2-11,18-19H,12-17H2,1H3. The fourth-order valence-corrected chi connectivity index (χ4v) is 3.74. The van der Waals surface area contributed by atoms with E-state index >= 15 is 0 Å². The van der Waals surface area contributed by atoms with Gasteiger partial charge in [0.15, 0.2) is 11.8 Å². The Bertz CT molecular complexity index is 1030. The zero-order chi connectivity index (χ0) is 22.3. The van der Waals surface area contributed by atoms with Gasteiger partial charge in [-0.2, -0.15) is 0 Å². The largest absolute Gasteiger partial charge is 0.448 e. The van der Waals surface area contributed by atoms with Crippen LogP contribution in [0.1, 0.15) is 28.5 Å². The number of benzene rings is 2. The lowest BCUT2D eigenvalue weighted by molar-refractivity contribution is -0.141. The summed E-state index contributed by atoms with van der Waals surface area (Å²) in [5.41, 5.74) is 2.40.